The maximum Gasteiger partial charge on any atom is 0.254 e. The molecule has 2 rings (SSSR count). The molecule has 0 N–H and O–H groups in total. The fraction of sp³-hybridized carbons (Fsp3) is 0.211. The Bertz CT molecular complexity index is 742. The van der Waals surface area contributed by atoms with Gasteiger partial charge in [-0.15, -0.1) is 0 Å². The second-order valence-electron chi connectivity index (χ2n) is 5.05. The van der Waals surface area contributed by atoms with Crippen molar-refractivity contribution in [2.24, 2.45) is 0 Å². The molecule has 0 saturated heterocycles. The van der Waals surface area contributed by atoms with E-state index >= 15 is 0 Å². The third kappa shape index (κ3) is 4.86. The molecule has 0 atom stereocenters. The minimum Gasteiger partial charge on any atom is -0.457 e. The number of nitrogens with zero attached hydrogens (tertiary/aromatic N) is 3. The minimum atomic E-state index is -0.209. The van der Waals surface area contributed by atoms with Crippen molar-refractivity contribution in [3.05, 3.63) is 60.2 Å². The number of amides is 1. The molecule has 24 heavy (non-hydrogen) atoms. The summed E-state index contributed by atoms with van der Waals surface area (Å²) in [5.41, 5.74) is 0.472. The van der Waals surface area contributed by atoms with Crippen molar-refractivity contribution in [1.29, 1.82) is 10.5 Å². The molecule has 0 fully saturated rings. The van der Waals surface area contributed by atoms with E-state index in [-0.39, 0.29) is 18.7 Å². The first-order valence-electron chi connectivity index (χ1n) is 7.60. The standard InChI is InChI=1S/C19H17N3O2/c20-11-5-13-22(14-6-12-21)19(23)16-7-4-10-18(15-16)24-17-8-2-1-3-9-17/h1-4,7-10,15H,5-6,13-14H2. The Morgan fingerprint density at radius 2 is 1.54 bits per heavy atom. The Kier molecular flexibility index (Phi) is 6.37. The number of rotatable bonds is 7. The monoisotopic (exact) mass is 319 g/mol. The molecule has 0 saturated carbocycles. The molecular weight excluding hydrogens is 302 g/mol. The van der Waals surface area contributed by atoms with E-state index in [0.717, 1.165) is 0 Å². The van der Waals surface area contributed by atoms with Gasteiger partial charge in [0.25, 0.3) is 5.91 Å². The molecule has 120 valence electrons. The lowest BCUT2D eigenvalue weighted by molar-refractivity contribution is 0.0762. The normalized spacial score (nSPS) is 9.58. The van der Waals surface area contributed by atoms with Crippen LogP contribution in [0.1, 0.15) is 23.2 Å². The molecule has 0 aliphatic carbocycles. The molecule has 1 amide bonds. The van der Waals surface area contributed by atoms with Gasteiger partial charge in [0, 0.05) is 18.7 Å². The number of carbonyl (C=O) groups excluding carboxylic acids is 1. The van der Waals surface area contributed by atoms with Crippen LogP contribution >= 0.6 is 0 Å². The first-order valence-corrected chi connectivity index (χ1v) is 7.60. The van der Waals surface area contributed by atoms with E-state index in [2.05, 4.69) is 0 Å². The van der Waals surface area contributed by atoms with Crippen LogP contribution in [0.4, 0.5) is 0 Å². The number of ether oxygens (including phenoxy) is 1. The van der Waals surface area contributed by atoms with E-state index in [1.165, 1.54) is 4.90 Å². The summed E-state index contributed by atoms with van der Waals surface area (Å²) in [6.07, 6.45) is 0.467. The van der Waals surface area contributed by atoms with Gasteiger partial charge in [-0.05, 0) is 30.3 Å². The molecule has 0 heterocycles. The quantitative estimate of drug-likeness (QED) is 0.778. The maximum absolute atomic E-state index is 12.6. The first kappa shape index (κ1) is 17.1. The van der Waals surface area contributed by atoms with Crippen molar-refractivity contribution in [3.8, 4) is 23.6 Å². The third-order valence-corrected chi connectivity index (χ3v) is 3.33. The number of hydrogen-bond donors (Lipinski definition) is 0. The Morgan fingerprint density at radius 3 is 2.17 bits per heavy atom. The largest absolute Gasteiger partial charge is 0.457 e. The highest BCUT2D eigenvalue weighted by atomic mass is 16.5. The number of hydrogen-bond acceptors (Lipinski definition) is 4. The molecule has 2 aromatic carbocycles. The van der Waals surface area contributed by atoms with Crippen LogP contribution in [-0.2, 0) is 0 Å². The molecule has 0 unspecified atom stereocenters. The molecule has 0 aromatic heterocycles. The summed E-state index contributed by atoms with van der Waals surface area (Å²) in [6, 6.07) is 20.2. The van der Waals surface area contributed by atoms with Gasteiger partial charge < -0.3 is 9.64 Å². The second kappa shape index (κ2) is 8.97. The van der Waals surface area contributed by atoms with Crippen LogP contribution in [0.2, 0.25) is 0 Å². The third-order valence-electron chi connectivity index (χ3n) is 3.33. The zero-order valence-corrected chi connectivity index (χ0v) is 13.2. The van der Waals surface area contributed by atoms with Crippen LogP contribution in [0, 0.1) is 22.7 Å². The highest BCUT2D eigenvalue weighted by molar-refractivity contribution is 5.94. The van der Waals surface area contributed by atoms with Crippen LogP contribution in [0.3, 0.4) is 0 Å². The molecule has 0 radical (unpaired) electrons. The topological polar surface area (TPSA) is 77.1 Å². The lowest BCUT2D eigenvalue weighted by Gasteiger charge is -2.20. The van der Waals surface area contributed by atoms with Crippen molar-refractivity contribution < 1.29 is 9.53 Å². The van der Waals surface area contributed by atoms with Crippen molar-refractivity contribution in [3.63, 3.8) is 0 Å². The van der Waals surface area contributed by atoms with Gasteiger partial charge in [-0.25, -0.2) is 0 Å². The van der Waals surface area contributed by atoms with Crippen LogP contribution in [0.5, 0.6) is 11.5 Å². The van der Waals surface area contributed by atoms with Crippen LogP contribution < -0.4 is 4.74 Å². The summed E-state index contributed by atoms with van der Waals surface area (Å²) in [7, 11) is 0. The van der Waals surface area contributed by atoms with Crippen molar-refractivity contribution in [2.75, 3.05) is 13.1 Å². The highest BCUT2D eigenvalue weighted by Crippen LogP contribution is 2.22. The van der Waals surface area contributed by atoms with Gasteiger partial charge in [-0.2, -0.15) is 10.5 Å². The number of para-hydroxylation sites is 1. The van der Waals surface area contributed by atoms with Crippen molar-refractivity contribution in [1.82, 2.24) is 4.90 Å². The Labute approximate surface area is 141 Å². The van der Waals surface area contributed by atoms with Gasteiger partial charge in [0.1, 0.15) is 11.5 Å². The van der Waals surface area contributed by atoms with E-state index in [9.17, 15) is 4.79 Å². The molecule has 2 aromatic rings. The molecule has 0 bridgehead atoms. The summed E-state index contributed by atoms with van der Waals surface area (Å²) in [5, 5.41) is 17.5. The average molecular weight is 319 g/mol. The smallest absolute Gasteiger partial charge is 0.254 e. The number of benzene rings is 2. The predicted octanol–water partition coefficient (Wildman–Crippen LogP) is 3.75. The van der Waals surface area contributed by atoms with Crippen molar-refractivity contribution in [2.45, 2.75) is 12.8 Å². The van der Waals surface area contributed by atoms with Crippen LogP contribution in [-0.4, -0.2) is 23.9 Å². The summed E-state index contributed by atoms with van der Waals surface area (Å²) >= 11 is 0. The molecular formula is C19H17N3O2. The van der Waals surface area contributed by atoms with E-state index in [1.807, 2.05) is 42.5 Å². The highest BCUT2D eigenvalue weighted by Gasteiger charge is 2.16. The van der Waals surface area contributed by atoms with E-state index in [0.29, 0.717) is 30.2 Å². The zero-order valence-electron chi connectivity index (χ0n) is 13.2. The summed E-state index contributed by atoms with van der Waals surface area (Å²) in [4.78, 5) is 14.1. The van der Waals surface area contributed by atoms with Gasteiger partial charge in [0.2, 0.25) is 0 Å². The zero-order chi connectivity index (χ0) is 17.2. The predicted molar refractivity (Wildman–Crippen MR) is 89.3 cm³/mol. The Hall–Kier alpha value is -3.31. The molecule has 5 nitrogen and oxygen atoms in total. The fourth-order valence-electron chi connectivity index (χ4n) is 2.18. The van der Waals surface area contributed by atoms with Gasteiger partial charge in [0.05, 0.1) is 25.0 Å². The summed E-state index contributed by atoms with van der Waals surface area (Å²) in [6.45, 7) is 0.613. The van der Waals surface area contributed by atoms with Crippen LogP contribution in [0.15, 0.2) is 54.6 Å². The van der Waals surface area contributed by atoms with E-state index < -0.39 is 0 Å². The fourth-order valence-corrected chi connectivity index (χ4v) is 2.18. The number of nitriles is 2. The first-order chi connectivity index (χ1) is 11.7. The molecule has 5 heteroatoms. The molecule has 0 spiro atoms. The second-order valence-corrected chi connectivity index (χ2v) is 5.05. The maximum atomic E-state index is 12.6. The summed E-state index contributed by atoms with van der Waals surface area (Å²) in [5.74, 6) is 1.04. The molecule has 0 aliphatic rings. The van der Waals surface area contributed by atoms with Crippen molar-refractivity contribution >= 4 is 5.91 Å². The van der Waals surface area contributed by atoms with E-state index in [4.69, 9.17) is 15.3 Å². The minimum absolute atomic E-state index is 0.209. The van der Waals surface area contributed by atoms with E-state index in [1.54, 1.807) is 24.3 Å². The van der Waals surface area contributed by atoms with Gasteiger partial charge in [0.15, 0.2) is 0 Å². The van der Waals surface area contributed by atoms with Crippen LogP contribution in [0.25, 0.3) is 0 Å². The Balaban J connectivity index is 2.14. The SMILES string of the molecule is N#CCCN(CCC#N)C(=O)c1cccc(Oc2ccccc2)c1. The molecule has 0 aliphatic heterocycles. The average Bonchev–Trinajstić information content (AvgIpc) is 2.62. The number of carbonyl (C=O) groups is 1. The lowest BCUT2D eigenvalue weighted by atomic mass is 10.1. The van der Waals surface area contributed by atoms with Gasteiger partial charge >= 0.3 is 0 Å². The van der Waals surface area contributed by atoms with Gasteiger partial charge in [-0.1, -0.05) is 24.3 Å². The Morgan fingerprint density at radius 1 is 0.917 bits per heavy atom. The lowest BCUT2D eigenvalue weighted by Crippen LogP contribution is -2.32. The summed E-state index contributed by atoms with van der Waals surface area (Å²) < 4.78 is 5.74. The van der Waals surface area contributed by atoms with Gasteiger partial charge in [-0.3, -0.25) is 4.79 Å².